The van der Waals surface area contributed by atoms with Gasteiger partial charge in [0.15, 0.2) is 0 Å². The standard InChI is InChI=1S/C13H29NO/c1-4-13(10-12-15)9-7-8-11-14(5-2)6-3/h13,15H,4-12H2,1-3H3. The Morgan fingerprint density at radius 2 is 1.67 bits per heavy atom. The Morgan fingerprint density at radius 1 is 1.00 bits per heavy atom. The second-order valence-corrected chi connectivity index (χ2v) is 4.31. The van der Waals surface area contributed by atoms with Gasteiger partial charge in [0.25, 0.3) is 0 Å². The lowest BCUT2D eigenvalue weighted by Gasteiger charge is -2.18. The molecule has 0 aromatic rings. The summed E-state index contributed by atoms with van der Waals surface area (Å²) in [4.78, 5) is 2.48. The molecule has 15 heavy (non-hydrogen) atoms. The van der Waals surface area contributed by atoms with Crippen LogP contribution in [0, 0.1) is 5.92 Å². The number of unbranched alkanes of at least 4 members (excludes halogenated alkanes) is 1. The first-order valence-corrected chi connectivity index (χ1v) is 6.61. The lowest BCUT2D eigenvalue weighted by Crippen LogP contribution is -2.24. The monoisotopic (exact) mass is 215 g/mol. The lowest BCUT2D eigenvalue weighted by molar-refractivity contribution is 0.242. The first-order chi connectivity index (χ1) is 7.28. The molecule has 0 spiro atoms. The van der Waals surface area contributed by atoms with Gasteiger partial charge < -0.3 is 10.0 Å². The van der Waals surface area contributed by atoms with Gasteiger partial charge in [-0.15, -0.1) is 0 Å². The van der Waals surface area contributed by atoms with Crippen molar-refractivity contribution >= 4 is 0 Å². The molecule has 0 saturated heterocycles. The molecule has 1 unspecified atom stereocenters. The molecule has 1 N–H and O–H groups in total. The molecule has 0 heterocycles. The molecule has 0 radical (unpaired) electrons. The van der Waals surface area contributed by atoms with E-state index < -0.39 is 0 Å². The minimum Gasteiger partial charge on any atom is -0.396 e. The van der Waals surface area contributed by atoms with Gasteiger partial charge in [0, 0.05) is 6.61 Å². The van der Waals surface area contributed by atoms with E-state index in [0.717, 1.165) is 12.3 Å². The maximum Gasteiger partial charge on any atom is 0.0433 e. The molecule has 0 rings (SSSR count). The minimum atomic E-state index is 0.356. The van der Waals surface area contributed by atoms with Crippen molar-refractivity contribution in [1.29, 1.82) is 0 Å². The minimum absolute atomic E-state index is 0.356. The Kier molecular flexibility index (Phi) is 10.4. The predicted octanol–water partition coefficient (Wildman–Crippen LogP) is 2.91. The van der Waals surface area contributed by atoms with E-state index in [1.807, 2.05) is 0 Å². The van der Waals surface area contributed by atoms with Crippen LogP contribution in [-0.4, -0.2) is 36.2 Å². The molecule has 92 valence electrons. The summed E-state index contributed by atoms with van der Waals surface area (Å²) >= 11 is 0. The Morgan fingerprint density at radius 3 is 2.13 bits per heavy atom. The first kappa shape index (κ1) is 14.9. The maximum atomic E-state index is 8.88. The Hall–Kier alpha value is -0.0800. The highest BCUT2D eigenvalue weighted by atomic mass is 16.3. The molecule has 0 saturated carbocycles. The maximum absolute atomic E-state index is 8.88. The van der Waals surface area contributed by atoms with Crippen molar-refractivity contribution in [3.63, 3.8) is 0 Å². The summed E-state index contributed by atoms with van der Waals surface area (Å²) in [5.41, 5.74) is 0. The number of aliphatic hydroxyl groups is 1. The number of hydrogen-bond acceptors (Lipinski definition) is 2. The van der Waals surface area contributed by atoms with E-state index in [1.165, 1.54) is 45.3 Å². The van der Waals surface area contributed by atoms with Crippen molar-refractivity contribution in [2.24, 2.45) is 5.92 Å². The van der Waals surface area contributed by atoms with Gasteiger partial charge in [0.05, 0.1) is 0 Å². The van der Waals surface area contributed by atoms with E-state index in [2.05, 4.69) is 25.7 Å². The van der Waals surface area contributed by atoms with E-state index in [-0.39, 0.29) is 0 Å². The Bertz CT molecular complexity index is 124. The van der Waals surface area contributed by atoms with Crippen LogP contribution in [0.5, 0.6) is 0 Å². The summed E-state index contributed by atoms with van der Waals surface area (Å²) in [7, 11) is 0. The summed E-state index contributed by atoms with van der Waals surface area (Å²) in [6, 6.07) is 0. The van der Waals surface area contributed by atoms with Crippen LogP contribution in [0.1, 0.15) is 52.9 Å². The van der Waals surface area contributed by atoms with Crippen LogP contribution in [0.15, 0.2) is 0 Å². The third kappa shape index (κ3) is 7.80. The zero-order valence-electron chi connectivity index (χ0n) is 10.8. The van der Waals surface area contributed by atoms with Gasteiger partial charge in [0.2, 0.25) is 0 Å². The first-order valence-electron chi connectivity index (χ1n) is 6.61. The van der Waals surface area contributed by atoms with Crippen LogP contribution in [0.4, 0.5) is 0 Å². The molecular formula is C13H29NO. The largest absolute Gasteiger partial charge is 0.396 e. The molecule has 2 nitrogen and oxygen atoms in total. The van der Waals surface area contributed by atoms with Gasteiger partial charge in [-0.2, -0.15) is 0 Å². The Balaban J connectivity index is 3.42. The lowest BCUT2D eigenvalue weighted by atomic mass is 9.96. The van der Waals surface area contributed by atoms with Crippen LogP contribution >= 0.6 is 0 Å². The van der Waals surface area contributed by atoms with Gasteiger partial charge in [-0.3, -0.25) is 0 Å². The smallest absolute Gasteiger partial charge is 0.0433 e. The molecular weight excluding hydrogens is 186 g/mol. The molecule has 0 aliphatic heterocycles. The molecule has 0 aromatic carbocycles. The van der Waals surface area contributed by atoms with Crippen molar-refractivity contribution in [2.75, 3.05) is 26.2 Å². The van der Waals surface area contributed by atoms with Crippen LogP contribution in [0.25, 0.3) is 0 Å². The number of aliphatic hydroxyl groups excluding tert-OH is 1. The van der Waals surface area contributed by atoms with Gasteiger partial charge in [-0.25, -0.2) is 0 Å². The summed E-state index contributed by atoms with van der Waals surface area (Å²) in [5.74, 6) is 0.742. The molecule has 0 aliphatic carbocycles. The SMILES string of the molecule is CCC(CCO)CCCCN(CC)CC. The van der Waals surface area contributed by atoms with Crippen LogP contribution in [0.3, 0.4) is 0 Å². The summed E-state index contributed by atoms with van der Waals surface area (Å²) in [6.07, 6.45) is 6.12. The zero-order chi connectivity index (χ0) is 11.5. The highest BCUT2D eigenvalue weighted by molar-refractivity contribution is 4.59. The van der Waals surface area contributed by atoms with Crippen molar-refractivity contribution in [3.8, 4) is 0 Å². The quantitative estimate of drug-likeness (QED) is 0.566. The van der Waals surface area contributed by atoms with Gasteiger partial charge in [0.1, 0.15) is 0 Å². The molecule has 1 atom stereocenters. The van der Waals surface area contributed by atoms with E-state index in [1.54, 1.807) is 0 Å². The fourth-order valence-corrected chi connectivity index (χ4v) is 2.04. The fraction of sp³-hybridized carbons (Fsp3) is 1.00. The van der Waals surface area contributed by atoms with E-state index in [0.29, 0.717) is 6.61 Å². The zero-order valence-corrected chi connectivity index (χ0v) is 10.8. The number of hydrogen-bond donors (Lipinski definition) is 1. The summed E-state index contributed by atoms with van der Waals surface area (Å²) < 4.78 is 0. The van der Waals surface area contributed by atoms with Crippen LogP contribution < -0.4 is 0 Å². The number of rotatable bonds is 10. The third-order valence-electron chi connectivity index (χ3n) is 3.35. The summed E-state index contributed by atoms with van der Waals surface area (Å²) in [5, 5.41) is 8.88. The van der Waals surface area contributed by atoms with Gasteiger partial charge in [-0.05, 0) is 38.4 Å². The topological polar surface area (TPSA) is 23.5 Å². The second-order valence-electron chi connectivity index (χ2n) is 4.31. The second kappa shape index (κ2) is 10.4. The van der Waals surface area contributed by atoms with E-state index in [4.69, 9.17) is 5.11 Å². The molecule has 0 fully saturated rings. The van der Waals surface area contributed by atoms with Crippen molar-refractivity contribution in [2.45, 2.75) is 52.9 Å². The fourth-order valence-electron chi connectivity index (χ4n) is 2.04. The molecule has 0 aromatic heterocycles. The van der Waals surface area contributed by atoms with Crippen molar-refractivity contribution in [3.05, 3.63) is 0 Å². The van der Waals surface area contributed by atoms with Crippen molar-refractivity contribution < 1.29 is 5.11 Å². The average molecular weight is 215 g/mol. The number of nitrogens with zero attached hydrogens (tertiary/aromatic N) is 1. The van der Waals surface area contributed by atoms with E-state index in [9.17, 15) is 0 Å². The molecule has 0 bridgehead atoms. The molecule has 2 heteroatoms. The van der Waals surface area contributed by atoms with Crippen molar-refractivity contribution in [1.82, 2.24) is 4.90 Å². The predicted molar refractivity (Wildman–Crippen MR) is 67.1 cm³/mol. The Labute approximate surface area is 95.7 Å². The van der Waals surface area contributed by atoms with Gasteiger partial charge >= 0.3 is 0 Å². The summed E-state index contributed by atoms with van der Waals surface area (Å²) in [6.45, 7) is 10.6. The highest BCUT2D eigenvalue weighted by Crippen LogP contribution is 2.16. The normalized spacial score (nSPS) is 13.4. The third-order valence-corrected chi connectivity index (χ3v) is 3.35. The highest BCUT2D eigenvalue weighted by Gasteiger charge is 2.05. The average Bonchev–Trinajstić information content (AvgIpc) is 2.28. The molecule has 0 amide bonds. The van der Waals surface area contributed by atoms with E-state index >= 15 is 0 Å². The van der Waals surface area contributed by atoms with Crippen LogP contribution in [0.2, 0.25) is 0 Å². The van der Waals surface area contributed by atoms with Crippen LogP contribution in [-0.2, 0) is 0 Å². The van der Waals surface area contributed by atoms with Gasteiger partial charge in [-0.1, -0.05) is 40.0 Å². The molecule has 0 aliphatic rings.